The highest BCUT2D eigenvalue weighted by atomic mass is 32.2. The maximum Gasteiger partial charge on any atom is 0.417 e. The zero-order valence-electron chi connectivity index (χ0n) is 16.5. The van der Waals surface area contributed by atoms with Gasteiger partial charge in [0.15, 0.2) is 11.4 Å². The average Bonchev–Trinajstić information content (AvgIpc) is 2.99. The molecule has 0 aliphatic carbocycles. The number of nitrogens with one attached hydrogen (secondary N) is 2. The summed E-state index contributed by atoms with van der Waals surface area (Å²) in [6.45, 7) is 8.01. The fourth-order valence-corrected chi connectivity index (χ4v) is 4.33. The van der Waals surface area contributed by atoms with Gasteiger partial charge in [0.1, 0.15) is 0 Å². The molecule has 9 nitrogen and oxygen atoms in total. The molecule has 0 unspecified atom stereocenters. The molecule has 1 saturated heterocycles. The normalized spacial score (nSPS) is 15.6. The summed E-state index contributed by atoms with van der Waals surface area (Å²) in [7, 11) is -3.68. The Morgan fingerprint density at radius 3 is 2.62 bits per heavy atom. The Kier molecular flexibility index (Phi) is 4.70. The smallest absolute Gasteiger partial charge is 0.408 e. The van der Waals surface area contributed by atoms with Crippen LogP contribution in [0.25, 0.3) is 11.1 Å². The number of oxazole rings is 1. The van der Waals surface area contributed by atoms with Crippen molar-refractivity contribution in [2.75, 3.05) is 24.5 Å². The van der Waals surface area contributed by atoms with Crippen LogP contribution in [0.3, 0.4) is 0 Å². The number of rotatable bonds is 5. The van der Waals surface area contributed by atoms with Crippen LogP contribution in [0.5, 0.6) is 0 Å². The van der Waals surface area contributed by atoms with E-state index in [9.17, 15) is 13.2 Å². The molecule has 154 valence electrons. The third kappa shape index (κ3) is 4.03. The zero-order chi connectivity index (χ0) is 20.8. The molecule has 10 heteroatoms. The van der Waals surface area contributed by atoms with Crippen LogP contribution in [0.2, 0.25) is 0 Å². The van der Waals surface area contributed by atoms with E-state index < -0.39 is 15.8 Å². The molecule has 4 rings (SSSR count). The summed E-state index contributed by atoms with van der Waals surface area (Å²) in [4.78, 5) is 15.8. The Morgan fingerprint density at radius 1 is 1.21 bits per heavy atom. The SMILES string of the molecule is CC(C)(C)c1ccc(N2CC(CNS(=O)(=O)c3ccc4oc(=O)[nH]c4c3)C2)nn1. The number of fused-ring (bicyclic) bond motifs is 1. The van der Waals surface area contributed by atoms with Crippen molar-refractivity contribution < 1.29 is 12.8 Å². The van der Waals surface area contributed by atoms with Gasteiger partial charge in [-0.2, -0.15) is 5.10 Å². The number of aromatic amines is 1. The minimum absolute atomic E-state index is 0.0478. The molecule has 0 amide bonds. The molecule has 2 N–H and O–H groups in total. The van der Waals surface area contributed by atoms with Gasteiger partial charge in [0, 0.05) is 31.0 Å². The fraction of sp³-hybridized carbons (Fsp3) is 0.421. The van der Waals surface area contributed by atoms with Crippen molar-refractivity contribution in [2.24, 2.45) is 5.92 Å². The number of hydrogen-bond acceptors (Lipinski definition) is 7. The molecule has 1 aliphatic rings. The summed E-state index contributed by atoms with van der Waals surface area (Å²) in [5.74, 6) is 0.369. The Bertz CT molecular complexity index is 1190. The number of anilines is 1. The first kappa shape index (κ1) is 19.6. The standard InChI is InChI=1S/C19H23N5O4S/c1-19(2,3)16-6-7-17(23-22-16)24-10-12(11-24)9-20-29(26,27)13-4-5-15-14(8-13)21-18(25)28-15/h4-8,12,20H,9-11H2,1-3H3,(H,21,25). The summed E-state index contributed by atoms with van der Waals surface area (Å²) in [6.07, 6.45) is 0. The van der Waals surface area contributed by atoms with E-state index in [1.54, 1.807) is 0 Å². The van der Waals surface area contributed by atoms with E-state index in [1.807, 2.05) is 12.1 Å². The van der Waals surface area contributed by atoms with Crippen molar-refractivity contribution in [3.63, 3.8) is 0 Å². The number of aromatic nitrogens is 3. The van der Waals surface area contributed by atoms with Crippen molar-refractivity contribution in [1.82, 2.24) is 19.9 Å². The molecule has 1 fully saturated rings. The quantitative estimate of drug-likeness (QED) is 0.647. The second-order valence-corrected chi connectivity index (χ2v) is 10.1. The molecule has 0 bridgehead atoms. The monoisotopic (exact) mass is 417 g/mol. The summed E-state index contributed by atoms with van der Waals surface area (Å²) in [5.41, 5.74) is 1.56. The van der Waals surface area contributed by atoms with Crippen molar-refractivity contribution >= 4 is 26.9 Å². The van der Waals surface area contributed by atoms with Crippen LogP contribution in [0, 0.1) is 5.92 Å². The molecule has 3 aromatic rings. The number of nitrogens with zero attached hydrogens (tertiary/aromatic N) is 3. The van der Waals surface area contributed by atoms with Crippen molar-refractivity contribution in [3.05, 3.63) is 46.6 Å². The highest BCUT2D eigenvalue weighted by Crippen LogP contribution is 2.25. The number of H-pyrrole nitrogens is 1. The van der Waals surface area contributed by atoms with E-state index in [0.717, 1.165) is 11.5 Å². The van der Waals surface area contributed by atoms with Crippen LogP contribution in [-0.4, -0.2) is 43.2 Å². The van der Waals surface area contributed by atoms with E-state index in [-0.39, 0.29) is 16.2 Å². The fourth-order valence-electron chi connectivity index (χ4n) is 3.19. The number of benzene rings is 1. The first-order valence-electron chi connectivity index (χ1n) is 9.33. The minimum Gasteiger partial charge on any atom is -0.408 e. The molecule has 3 heterocycles. The van der Waals surface area contributed by atoms with E-state index in [0.29, 0.717) is 30.7 Å². The molecule has 0 atom stereocenters. The topological polar surface area (TPSA) is 121 Å². The summed E-state index contributed by atoms with van der Waals surface area (Å²) < 4.78 is 32.6. The van der Waals surface area contributed by atoms with Crippen LogP contribution in [0.15, 0.2) is 44.4 Å². The largest absolute Gasteiger partial charge is 0.417 e. The third-order valence-electron chi connectivity index (χ3n) is 4.96. The molecule has 0 radical (unpaired) electrons. The van der Waals surface area contributed by atoms with Crippen LogP contribution < -0.4 is 15.4 Å². The molecule has 0 spiro atoms. The second kappa shape index (κ2) is 6.96. The Labute approximate surface area is 168 Å². The lowest BCUT2D eigenvalue weighted by atomic mass is 9.92. The van der Waals surface area contributed by atoms with Crippen LogP contribution >= 0.6 is 0 Å². The second-order valence-electron chi connectivity index (χ2n) is 8.32. The van der Waals surface area contributed by atoms with Gasteiger partial charge in [-0.1, -0.05) is 20.8 Å². The molecule has 29 heavy (non-hydrogen) atoms. The van der Waals surface area contributed by atoms with Gasteiger partial charge in [-0.15, -0.1) is 5.10 Å². The predicted octanol–water partition coefficient (Wildman–Crippen LogP) is 1.62. The average molecular weight is 417 g/mol. The van der Waals surface area contributed by atoms with Gasteiger partial charge < -0.3 is 9.32 Å². The van der Waals surface area contributed by atoms with Gasteiger partial charge >= 0.3 is 5.76 Å². The van der Waals surface area contributed by atoms with Gasteiger partial charge in [-0.25, -0.2) is 17.9 Å². The van der Waals surface area contributed by atoms with Gasteiger partial charge in [-0.3, -0.25) is 4.98 Å². The van der Waals surface area contributed by atoms with Gasteiger partial charge in [-0.05, 0) is 30.3 Å². The Morgan fingerprint density at radius 2 is 1.97 bits per heavy atom. The maximum atomic E-state index is 12.5. The molecule has 1 aromatic carbocycles. The molecular formula is C19H23N5O4S. The number of sulfonamides is 1. The van der Waals surface area contributed by atoms with Crippen molar-refractivity contribution in [1.29, 1.82) is 0 Å². The first-order chi connectivity index (χ1) is 13.6. The molecule has 2 aromatic heterocycles. The molecular weight excluding hydrogens is 394 g/mol. The van der Waals surface area contributed by atoms with Crippen LogP contribution in [-0.2, 0) is 15.4 Å². The lowest BCUT2D eigenvalue weighted by molar-refractivity contribution is 0.401. The van der Waals surface area contributed by atoms with Crippen molar-refractivity contribution in [3.8, 4) is 0 Å². The van der Waals surface area contributed by atoms with E-state index in [2.05, 4.69) is 45.6 Å². The number of hydrogen-bond donors (Lipinski definition) is 2. The van der Waals surface area contributed by atoms with Crippen molar-refractivity contribution in [2.45, 2.75) is 31.1 Å². The minimum atomic E-state index is -3.68. The predicted molar refractivity (Wildman–Crippen MR) is 108 cm³/mol. The molecule has 1 aliphatic heterocycles. The van der Waals surface area contributed by atoms with E-state index in [1.165, 1.54) is 18.2 Å². The summed E-state index contributed by atoms with van der Waals surface area (Å²) in [5, 5.41) is 8.58. The Hall–Kier alpha value is -2.72. The van der Waals surface area contributed by atoms with Crippen LogP contribution in [0.4, 0.5) is 5.82 Å². The zero-order valence-corrected chi connectivity index (χ0v) is 17.3. The van der Waals surface area contributed by atoms with E-state index >= 15 is 0 Å². The van der Waals surface area contributed by atoms with Gasteiger partial charge in [0.05, 0.1) is 16.1 Å². The maximum absolute atomic E-state index is 12.5. The molecule has 0 saturated carbocycles. The highest BCUT2D eigenvalue weighted by Gasteiger charge is 2.30. The lowest BCUT2D eigenvalue weighted by Crippen LogP contribution is -2.51. The van der Waals surface area contributed by atoms with E-state index in [4.69, 9.17) is 4.42 Å². The van der Waals surface area contributed by atoms with Gasteiger partial charge in [0.2, 0.25) is 10.0 Å². The summed E-state index contributed by atoms with van der Waals surface area (Å²) in [6, 6.07) is 8.21. The summed E-state index contributed by atoms with van der Waals surface area (Å²) >= 11 is 0. The van der Waals surface area contributed by atoms with Gasteiger partial charge in [0.25, 0.3) is 0 Å². The first-order valence-corrected chi connectivity index (χ1v) is 10.8. The third-order valence-corrected chi connectivity index (χ3v) is 6.38. The Balaban J connectivity index is 1.34. The van der Waals surface area contributed by atoms with Crippen LogP contribution in [0.1, 0.15) is 26.5 Å². The highest BCUT2D eigenvalue weighted by molar-refractivity contribution is 7.89. The lowest BCUT2D eigenvalue weighted by Gasteiger charge is -2.40.